The maximum absolute atomic E-state index is 5.90. The molecule has 1 unspecified atom stereocenters. The molecule has 102 valence electrons. The zero-order valence-corrected chi connectivity index (χ0v) is 11.5. The molecule has 1 atom stereocenters. The summed E-state index contributed by atoms with van der Waals surface area (Å²) in [6.07, 6.45) is 8.86. The second-order valence-corrected chi connectivity index (χ2v) is 5.52. The maximum Gasteiger partial charge on any atom is 0.0952 e. The Morgan fingerprint density at radius 3 is 3.05 bits per heavy atom. The minimum atomic E-state index is 0.238. The molecule has 0 fully saturated rings. The van der Waals surface area contributed by atoms with E-state index in [-0.39, 0.29) is 6.10 Å². The summed E-state index contributed by atoms with van der Waals surface area (Å²) in [6, 6.07) is 8.68. The van der Waals surface area contributed by atoms with Crippen molar-refractivity contribution < 1.29 is 4.74 Å². The largest absolute Gasteiger partial charge is 0.372 e. The quantitative estimate of drug-likeness (QED) is 0.645. The van der Waals surface area contributed by atoms with Gasteiger partial charge in [0.1, 0.15) is 0 Å². The van der Waals surface area contributed by atoms with Gasteiger partial charge in [0.25, 0.3) is 0 Å². The second kappa shape index (κ2) is 6.36. The maximum atomic E-state index is 5.90. The lowest BCUT2D eigenvalue weighted by Gasteiger charge is -2.26. The molecule has 0 aromatic heterocycles. The van der Waals surface area contributed by atoms with E-state index in [9.17, 15) is 0 Å². The van der Waals surface area contributed by atoms with Crippen LogP contribution in [0.15, 0.2) is 35.9 Å². The number of fused-ring (bicyclic) bond motifs is 1. The number of hydrogen-bond acceptors (Lipinski definition) is 2. The summed E-state index contributed by atoms with van der Waals surface area (Å²) in [4.78, 5) is 0. The summed E-state index contributed by atoms with van der Waals surface area (Å²) in [5.41, 5.74) is 4.47. The van der Waals surface area contributed by atoms with Gasteiger partial charge in [-0.3, -0.25) is 0 Å². The smallest absolute Gasteiger partial charge is 0.0952 e. The number of benzene rings is 1. The summed E-state index contributed by atoms with van der Waals surface area (Å²) >= 11 is 0. The van der Waals surface area contributed by atoms with Gasteiger partial charge in [0.15, 0.2) is 0 Å². The highest BCUT2D eigenvalue weighted by molar-refractivity contribution is 5.31. The van der Waals surface area contributed by atoms with E-state index in [1.54, 1.807) is 5.57 Å². The van der Waals surface area contributed by atoms with Crippen molar-refractivity contribution in [1.29, 1.82) is 0 Å². The van der Waals surface area contributed by atoms with Gasteiger partial charge in [-0.15, -0.1) is 0 Å². The molecule has 1 heterocycles. The van der Waals surface area contributed by atoms with Crippen LogP contribution >= 0.6 is 0 Å². The molecule has 2 aliphatic rings. The number of allylic oxidation sites excluding steroid dienone is 1. The van der Waals surface area contributed by atoms with Gasteiger partial charge in [-0.25, -0.2) is 0 Å². The molecule has 0 saturated carbocycles. The molecular weight excluding hydrogens is 234 g/mol. The van der Waals surface area contributed by atoms with E-state index in [4.69, 9.17) is 4.74 Å². The molecule has 1 aliphatic heterocycles. The minimum absolute atomic E-state index is 0.238. The van der Waals surface area contributed by atoms with E-state index in [0.717, 1.165) is 26.1 Å². The van der Waals surface area contributed by atoms with Crippen molar-refractivity contribution >= 4 is 0 Å². The predicted molar refractivity (Wildman–Crippen MR) is 78.3 cm³/mol. The average molecular weight is 257 g/mol. The van der Waals surface area contributed by atoms with Gasteiger partial charge in [-0.1, -0.05) is 35.9 Å². The number of hydrogen-bond donors (Lipinski definition) is 1. The van der Waals surface area contributed by atoms with Gasteiger partial charge in [0, 0.05) is 6.54 Å². The summed E-state index contributed by atoms with van der Waals surface area (Å²) < 4.78 is 5.90. The Hall–Kier alpha value is -1.12. The average Bonchev–Trinajstić information content (AvgIpc) is 2.97. The lowest BCUT2D eigenvalue weighted by atomic mass is 9.97. The molecule has 3 rings (SSSR count). The van der Waals surface area contributed by atoms with Gasteiger partial charge >= 0.3 is 0 Å². The Labute approximate surface area is 115 Å². The predicted octanol–water partition coefficient (Wildman–Crippen LogP) is 3.39. The van der Waals surface area contributed by atoms with E-state index in [2.05, 4.69) is 35.7 Å². The van der Waals surface area contributed by atoms with Crippen LogP contribution in [0, 0.1) is 0 Å². The topological polar surface area (TPSA) is 21.3 Å². The van der Waals surface area contributed by atoms with Crippen LogP contribution in [0.1, 0.15) is 42.9 Å². The normalized spacial score (nSPS) is 22.1. The molecule has 0 saturated heterocycles. The Morgan fingerprint density at radius 2 is 2.16 bits per heavy atom. The van der Waals surface area contributed by atoms with Gasteiger partial charge < -0.3 is 10.1 Å². The Balaban J connectivity index is 1.48. The van der Waals surface area contributed by atoms with Crippen molar-refractivity contribution in [2.45, 2.75) is 38.2 Å². The third kappa shape index (κ3) is 3.26. The van der Waals surface area contributed by atoms with Crippen LogP contribution in [0.2, 0.25) is 0 Å². The molecule has 2 nitrogen and oxygen atoms in total. The van der Waals surface area contributed by atoms with Crippen LogP contribution in [0.4, 0.5) is 0 Å². The fourth-order valence-electron chi connectivity index (χ4n) is 3.09. The molecule has 0 amide bonds. The standard InChI is InChI=1S/C17H23NO/c1-2-6-14(5-1)9-11-18-13-17-16-8-4-3-7-15(16)10-12-19-17/h3-5,7-8,17-18H,1-2,6,9-13H2. The molecular formula is C17H23NO. The van der Waals surface area contributed by atoms with E-state index in [0.29, 0.717) is 0 Å². The monoisotopic (exact) mass is 257 g/mol. The number of rotatable bonds is 5. The van der Waals surface area contributed by atoms with Crippen LogP contribution in [-0.2, 0) is 11.2 Å². The Kier molecular flexibility index (Phi) is 4.31. The first-order valence-electron chi connectivity index (χ1n) is 7.51. The van der Waals surface area contributed by atoms with Crippen LogP contribution in [0.25, 0.3) is 0 Å². The first-order chi connectivity index (χ1) is 9.43. The van der Waals surface area contributed by atoms with Crippen molar-refractivity contribution in [1.82, 2.24) is 5.32 Å². The second-order valence-electron chi connectivity index (χ2n) is 5.52. The van der Waals surface area contributed by atoms with E-state index in [1.165, 1.54) is 36.8 Å². The van der Waals surface area contributed by atoms with Gasteiger partial charge in [0.05, 0.1) is 12.7 Å². The SMILES string of the molecule is C1=C(CCNCC2OCCc3ccccc32)CCC1. The van der Waals surface area contributed by atoms with E-state index >= 15 is 0 Å². The number of nitrogens with one attached hydrogen (secondary N) is 1. The highest BCUT2D eigenvalue weighted by Gasteiger charge is 2.19. The fourth-order valence-corrected chi connectivity index (χ4v) is 3.09. The van der Waals surface area contributed by atoms with Crippen molar-refractivity contribution in [3.05, 3.63) is 47.0 Å². The van der Waals surface area contributed by atoms with Crippen molar-refractivity contribution in [2.24, 2.45) is 0 Å². The van der Waals surface area contributed by atoms with Crippen LogP contribution in [0.5, 0.6) is 0 Å². The van der Waals surface area contributed by atoms with E-state index < -0.39 is 0 Å². The molecule has 19 heavy (non-hydrogen) atoms. The molecule has 0 radical (unpaired) electrons. The zero-order chi connectivity index (χ0) is 12.9. The molecule has 0 spiro atoms. The third-order valence-electron chi connectivity index (χ3n) is 4.18. The van der Waals surface area contributed by atoms with Crippen molar-refractivity contribution in [2.75, 3.05) is 19.7 Å². The lowest BCUT2D eigenvalue weighted by molar-refractivity contribution is 0.0427. The number of ether oxygens (including phenoxy) is 1. The van der Waals surface area contributed by atoms with E-state index in [1.807, 2.05) is 0 Å². The highest BCUT2D eigenvalue weighted by Crippen LogP contribution is 2.26. The van der Waals surface area contributed by atoms with Crippen LogP contribution in [0.3, 0.4) is 0 Å². The molecule has 1 aromatic carbocycles. The Bertz CT molecular complexity index is 452. The summed E-state index contributed by atoms with van der Waals surface area (Å²) in [5, 5.41) is 3.56. The summed E-state index contributed by atoms with van der Waals surface area (Å²) in [5.74, 6) is 0. The van der Waals surface area contributed by atoms with Crippen LogP contribution in [-0.4, -0.2) is 19.7 Å². The summed E-state index contributed by atoms with van der Waals surface area (Å²) in [6.45, 7) is 2.87. The van der Waals surface area contributed by atoms with Crippen LogP contribution < -0.4 is 5.32 Å². The highest BCUT2D eigenvalue weighted by atomic mass is 16.5. The Morgan fingerprint density at radius 1 is 1.21 bits per heavy atom. The molecule has 0 bridgehead atoms. The molecule has 1 N–H and O–H groups in total. The minimum Gasteiger partial charge on any atom is -0.372 e. The van der Waals surface area contributed by atoms with Gasteiger partial charge in [0.2, 0.25) is 0 Å². The molecule has 2 heteroatoms. The fraction of sp³-hybridized carbons (Fsp3) is 0.529. The lowest BCUT2D eigenvalue weighted by Crippen LogP contribution is -2.28. The molecule has 1 aromatic rings. The van der Waals surface area contributed by atoms with Gasteiger partial charge in [-0.05, 0) is 49.8 Å². The first kappa shape index (κ1) is 12.9. The zero-order valence-electron chi connectivity index (χ0n) is 11.5. The van der Waals surface area contributed by atoms with Gasteiger partial charge in [-0.2, -0.15) is 0 Å². The van der Waals surface area contributed by atoms with Crippen molar-refractivity contribution in [3.8, 4) is 0 Å². The third-order valence-corrected chi connectivity index (χ3v) is 4.18. The first-order valence-corrected chi connectivity index (χ1v) is 7.51. The van der Waals surface area contributed by atoms with Crippen molar-refractivity contribution in [3.63, 3.8) is 0 Å². The molecule has 1 aliphatic carbocycles. The summed E-state index contributed by atoms with van der Waals surface area (Å²) in [7, 11) is 0.